The Hall–Kier alpha value is -2.71. The standard InChI is InChI=1S/C22H33N5O3/c1-7-29-18-9-8-10-19(30-14-13-26(5)6)20(18)21(28)27(12-11-25(3)4)22-23-15-17(2)16-24-22/h8-10,15-16H,7,11-14H2,1-6H3. The van der Waals surface area contributed by atoms with Gasteiger partial charge in [0.25, 0.3) is 5.91 Å². The molecule has 1 amide bonds. The SMILES string of the molecule is CCOc1cccc(OCCN(C)C)c1C(=O)N(CCN(C)C)c1ncc(C)cn1. The van der Waals surface area contributed by atoms with E-state index in [9.17, 15) is 4.79 Å². The minimum Gasteiger partial charge on any atom is -0.493 e. The largest absolute Gasteiger partial charge is 0.493 e. The average molecular weight is 416 g/mol. The molecular formula is C22H33N5O3. The lowest BCUT2D eigenvalue weighted by Crippen LogP contribution is -2.38. The molecule has 0 unspecified atom stereocenters. The third-order valence-corrected chi connectivity index (χ3v) is 4.32. The summed E-state index contributed by atoms with van der Waals surface area (Å²) in [5.41, 5.74) is 1.32. The molecule has 2 rings (SSSR count). The number of likely N-dealkylation sites (N-methyl/N-ethyl adjacent to an activating group) is 2. The molecule has 0 fully saturated rings. The van der Waals surface area contributed by atoms with Crippen molar-refractivity contribution in [2.75, 3.05) is 65.9 Å². The molecule has 1 aromatic heterocycles. The van der Waals surface area contributed by atoms with E-state index in [0.29, 0.717) is 49.3 Å². The van der Waals surface area contributed by atoms with Crippen LogP contribution in [0.25, 0.3) is 0 Å². The summed E-state index contributed by atoms with van der Waals surface area (Å²) in [4.78, 5) is 28.1. The minimum atomic E-state index is -0.246. The first-order valence-electron chi connectivity index (χ1n) is 10.1. The Morgan fingerprint density at radius 1 is 0.933 bits per heavy atom. The smallest absolute Gasteiger partial charge is 0.268 e. The van der Waals surface area contributed by atoms with Crippen LogP contribution in [-0.2, 0) is 0 Å². The van der Waals surface area contributed by atoms with Gasteiger partial charge in [0.05, 0.1) is 6.61 Å². The predicted molar refractivity (Wildman–Crippen MR) is 119 cm³/mol. The zero-order valence-corrected chi connectivity index (χ0v) is 18.9. The van der Waals surface area contributed by atoms with Crippen LogP contribution in [0.5, 0.6) is 11.5 Å². The monoisotopic (exact) mass is 415 g/mol. The van der Waals surface area contributed by atoms with Gasteiger partial charge in [-0.3, -0.25) is 9.69 Å². The highest BCUT2D eigenvalue weighted by atomic mass is 16.5. The molecule has 0 saturated carbocycles. The van der Waals surface area contributed by atoms with Crippen LogP contribution in [0.15, 0.2) is 30.6 Å². The normalized spacial score (nSPS) is 11.1. The maximum absolute atomic E-state index is 13.7. The molecule has 0 N–H and O–H groups in total. The van der Waals surface area contributed by atoms with Gasteiger partial charge in [-0.05, 0) is 59.7 Å². The van der Waals surface area contributed by atoms with Crippen LogP contribution in [0.1, 0.15) is 22.8 Å². The van der Waals surface area contributed by atoms with Gasteiger partial charge in [-0.15, -0.1) is 0 Å². The quantitative estimate of drug-likeness (QED) is 0.558. The molecule has 0 radical (unpaired) electrons. The number of carbonyl (C=O) groups is 1. The number of ether oxygens (including phenoxy) is 2. The molecule has 0 atom stereocenters. The zero-order chi connectivity index (χ0) is 22.1. The first-order chi connectivity index (χ1) is 14.3. The lowest BCUT2D eigenvalue weighted by molar-refractivity contribution is 0.0975. The van der Waals surface area contributed by atoms with E-state index in [2.05, 4.69) is 9.97 Å². The summed E-state index contributed by atoms with van der Waals surface area (Å²) in [7, 11) is 7.87. The van der Waals surface area contributed by atoms with Crippen LogP contribution < -0.4 is 14.4 Å². The molecular weight excluding hydrogens is 382 g/mol. The van der Waals surface area contributed by atoms with E-state index >= 15 is 0 Å². The molecule has 0 aliphatic heterocycles. The summed E-state index contributed by atoms with van der Waals surface area (Å²) in [6.07, 6.45) is 3.42. The van der Waals surface area contributed by atoms with Crippen molar-refractivity contribution in [1.29, 1.82) is 0 Å². The van der Waals surface area contributed by atoms with Crippen molar-refractivity contribution < 1.29 is 14.3 Å². The van der Waals surface area contributed by atoms with E-state index < -0.39 is 0 Å². The zero-order valence-electron chi connectivity index (χ0n) is 18.9. The van der Waals surface area contributed by atoms with Gasteiger partial charge in [0, 0.05) is 32.0 Å². The molecule has 0 bridgehead atoms. The number of anilines is 1. The summed E-state index contributed by atoms with van der Waals surface area (Å²) in [5.74, 6) is 1.10. The second-order valence-corrected chi connectivity index (χ2v) is 7.53. The predicted octanol–water partition coefficient (Wildman–Crippen LogP) is 2.33. The number of aryl methyl sites for hydroxylation is 1. The van der Waals surface area contributed by atoms with Gasteiger partial charge in [-0.1, -0.05) is 6.07 Å². The van der Waals surface area contributed by atoms with Gasteiger partial charge in [0.15, 0.2) is 0 Å². The summed E-state index contributed by atoms with van der Waals surface area (Å²) < 4.78 is 11.7. The summed E-state index contributed by atoms with van der Waals surface area (Å²) in [5, 5.41) is 0. The van der Waals surface area contributed by atoms with Crippen molar-refractivity contribution in [2.45, 2.75) is 13.8 Å². The molecule has 0 saturated heterocycles. The fourth-order valence-corrected chi connectivity index (χ4v) is 2.71. The van der Waals surface area contributed by atoms with Gasteiger partial charge in [-0.25, -0.2) is 9.97 Å². The molecule has 0 aliphatic rings. The van der Waals surface area contributed by atoms with E-state index in [0.717, 1.165) is 12.1 Å². The molecule has 8 nitrogen and oxygen atoms in total. The molecule has 30 heavy (non-hydrogen) atoms. The van der Waals surface area contributed by atoms with Crippen LogP contribution in [-0.4, -0.2) is 86.7 Å². The summed E-state index contributed by atoms with van der Waals surface area (Å²) in [6.45, 7) is 6.54. The summed E-state index contributed by atoms with van der Waals surface area (Å²) in [6, 6.07) is 5.42. The number of rotatable bonds is 11. The maximum atomic E-state index is 13.7. The highest BCUT2D eigenvalue weighted by Gasteiger charge is 2.27. The Morgan fingerprint density at radius 2 is 1.53 bits per heavy atom. The number of hydrogen-bond donors (Lipinski definition) is 0. The number of hydrogen-bond acceptors (Lipinski definition) is 7. The number of benzene rings is 1. The third-order valence-electron chi connectivity index (χ3n) is 4.32. The third kappa shape index (κ3) is 6.67. The fraction of sp³-hybridized carbons (Fsp3) is 0.500. The Morgan fingerprint density at radius 3 is 2.10 bits per heavy atom. The first-order valence-corrected chi connectivity index (χ1v) is 10.1. The number of amides is 1. The van der Waals surface area contributed by atoms with E-state index in [1.165, 1.54) is 0 Å². The highest BCUT2D eigenvalue weighted by molar-refractivity contribution is 6.09. The first kappa shape index (κ1) is 23.6. The Labute approximate surface area is 179 Å². The molecule has 0 aliphatic carbocycles. The van der Waals surface area contributed by atoms with Crippen molar-refractivity contribution in [2.24, 2.45) is 0 Å². The molecule has 2 aromatic rings. The second-order valence-electron chi connectivity index (χ2n) is 7.53. The summed E-state index contributed by atoms with van der Waals surface area (Å²) >= 11 is 0. The molecule has 164 valence electrons. The van der Waals surface area contributed by atoms with Crippen LogP contribution in [0.3, 0.4) is 0 Å². The van der Waals surface area contributed by atoms with Gasteiger partial charge < -0.3 is 19.3 Å². The number of carbonyl (C=O) groups excluding carboxylic acids is 1. The number of aromatic nitrogens is 2. The van der Waals surface area contributed by atoms with Gasteiger partial charge in [0.1, 0.15) is 23.7 Å². The van der Waals surface area contributed by atoms with Gasteiger partial charge in [-0.2, -0.15) is 0 Å². The number of nitrogens with zero attached hydrogens (tertiary/aromatic N) is 5. The average Bonchev–Trinajstić information content (AvgIpc) is 2.69. The van der Waals surface area contributed by atoms with Crippen LogP contribution in [0.4, 0.5) is 5.95 Å². The molecule has 0 spiro atoms. The Kier molecular flexibility index (Phi) is 9.01. The maximum Gasteiger partial charge on any atom is 0.268 e. The van der Waals surface area contributed by atoms with Crippen LogP contribution in [0, 0.1) is 6.92 Å². The molecule has 1 heterocycles. The van der Waals surface area contributed by atoms with Crippen molar-refractivity contribution in [3.8, 4) is 11.5 Å². The lowest BCUT2D eigenvalue weighted by Gasteiger charge is -2.25. The van der Waals surface area contributed by atoms with Gasteiger partial charge >= 0.3 is 0 Å². The Balaban J connectivity index is 2.44. The van der Waals surface area contributed by atoms with Crippen LogP contribution >= 0.6 is 0 Å². The highest BCUT2D eigenvalue weighted by Crippen LogP contribution is 2.31. The van der Waals surface area contributed by atoms with Crippen molar-refractivity contribution in [3.63, 3.8) is 0 Å². The Bertz CT molecular complexity index is 809. The van der Waals surface area contributed by atoms with E-state index in [1.807, 2.05) is 57.9 Å². The van der Waals surface area contributed by atoms with E-state index in [1.54, 1.807) is 29.4 Å². The minimum absolute atomic E-state index is 0.246. The van der Waals surface area contributed by atoms with Crippen molar-refractivity contribution in [1.82, 2.24) is 19.8 Å². The fourth-order valence-electron chi connectivity index (χ4n) is 2.71. The second kappa shape index (κ2) is 11.5. The van der Waals surface area contributed by atoms with E-state index in [-0.39, 0.29) is 5.91 Å². The molecule has 8 heteroatoms. The van der Waals surface area contributed by atoms with Crippen molar-refractivity contribution in [3.05, 3.63) is 41.7 Å². The van der Waals surface area contributed by atoms with Crippen LogP contribution in [0.2, 0.25) is 0 Å². The van der Waals surface area contributed by atoms with E-state index in [4.69, 9.17) is 9.47 Å². The topological polar surface area (TPSA) is 71.0 Å². The van der Waals surface area contributed by atoms with Crippen molar-refractivity contribution >= 4 is 11.9 Å². The lowest BCUT2D eigenvalue weighted by atomic mass is 10.1. The van der Waals surface area contributed by atoms with Gasteiger partial charge in [0.2, 0.25) is 5.95 Å². The molecule has 1 aromatic carbocycles.